The van der Waals surface area contributed by atoms with Crippen LogP contribution in [0.15, 0.2) is 11.6 Å². The number of rotatable bonds is 4. The summed E-state index contributed by atoms with van der Waals surface area (Å²) in [5.74, 6) is 0.495. The van der Waals surface area contributed by atoms with Gasteiger partial charge in [0.1, 0.15) is 0 Å². The van der Waals surface area contributed by atoms with E-state index in [1.54, 1.807) is 0 Å². The molecule has 1 fully saturated rings. The van der Waals surface area contributed by atoms with Crippen LogP contribution in [0, 0.1) is 17.8 Å². The average molecular weight is 253 g/mol. The lowest BCUT2D eigenvalue weighted by atomic mass is 9.78. The van der Waals surface area contributed by atoms with Crippen molar-refractivity contribution in [2.75, 3.05) is 0 Å². The van der Waals surface area contributed by atoms with Crippen LogP contribution >= 0.6 is 0 Å². The Bertz CT molecular complexity index is 337. The Hall–Kier alpha value is -0.830. The number of amides is 1. The Balaban J connectivity index is 2.92. The summed E-state index contributed by atoms with van der Waals surface area (Å²) in [6.07, 6.45) is 4.70. The van der Waals surface area contributed by atoms with E-state index < -0.39 is 5.72 Å². The van der Waals surface area contributed by atoms with Crippen LogP contribution in [0.4, 0.5) is 0 Å². The first kappa shape index (κ1) is 15.2. The van der Waals surface area contributed by atoms with Gasteiger partial charge in [-0.25, -0.2) is 0 Å². The second kappa shape index (κ2) is 5.87. The van der Waals surface area contributed by atoms with E-state index in [9.17, 15) is 9.90 Å². The summed E-state index contributed by atoms with van der Waals surface area (Å²) in [6.45, 7) is 10.2. The molecule has 1 amide bonds. The summed E-state index contributed by atoms with van der Waals surface area (Å²) >= 11 is 0. The summed E-state index contributed by atoms with van der Waals surface area (Å²) in [6, 6.07) is 0. The van der Waals surface area contributed by atoms with E-state index in [1.807, 2.05) is 20.8 Å². The van der Waals surface area contributed by atoms with E-state index in [2.05, 4.69) is 25.2 Å². The summed E-state index contributed by atoms with van der Waals surface area (Å²) in [7, 11) is 0. The molecule has 0 aromatic carbocycles. The van der Waals surface area contributed by atoms with Gasteiger partial charge in [-0.3, -0.25) is 4.79 Å². The fourth-order valence-electron chi connectivity index (χ4n) is 2.63. The van der Waals surface area contributed by atoms with Crippen molar-refractivity contribution in [3.05, 3.63) is 11.6 Å². The van der Waals surface area contributed by atoms with E-state index in [0.29, 0.717) is 5.92 Å². The molecule has 4 atom stereocenters. The van der Waals surface area contributed by atoms with Gasteiger partial charge >= 0.3 is 0 Å². The molecule has 3 nitrogen and oxygen atoms in total. The fourth-order valence-corrected chi connectivity index (χ4v) is 2.63. The van der Waals surface area contributed by atoms with E-state index in [1.165, 1.54) is 0 Å². The van der Waals surface area contributed by atoms with Gasteiger partial charge in [-0.2, -0.15) is 0 Å². The third-order valence-electron chi connectivity index (χ3n) is 4.31. The van der Waals surface area contributed by atoms with Crippen molar-refractivity contribution in [2.45, 2.75) is 59.6 Å². The van der Waals surface area contributed by atoms with Crippen molar-refractivity contribution in [3.63, 3.8) is 0 Å². The maximum absolute atomic E-state index is 11.9. The summed E-state index contributed by atoms with van der Waals surface area (Å²) in [4.78, 5) is 11.9. The van der Waals surface area contributed by atoms with Crippen molar-refractivity contribution >= 4 is 5.91 Å². The van der Waals surface area contributed by atoms with Crippen LogP contribution in [0.2, 0.25) is 0 Å². The first-order valence-electron chi connectivity index (χ1n) is 7.08. The van der Waals surface area contributed by atoms with Gasteiger partial charge in [0.15, 0.2) is 5.72 Å². The van der Waals surface area contributed by atoms with Crippen LogP contribution in [0.5, 0.6) is 0 Å². The van der Waals surface area contributed by atoms with Gasteiger partial charge in [-0.15, -0.1) is 0 Å². The van der Waals surface area contributed by atoms with Gasteiger partial charge in [-0.05, 0) is 31.3 Å². The Morgan fingerprint density at radius 3 is 2.72 bits per heavy atom. The van der Waals surface area contributed by atoms with Gasteiger partial charge in [0, 0.05) is 11.8 Å². The molecule has 0 saturated carbocycles. The van der Waals surface area contributed by atoms with Crippen LogP contribution in [0.3, 0.4) is 0 Å². The minimum absolute atomic E-state index is 0.0185. The SMILES string of the molecule is CC[C@H]1C[C@H](C)[C@@](O)(/C(C)=C\[C@@H](C)CC)NC1=O. The first-order chi connectivity index (χ1) is 8.35. The molecule has 0 aliphatic carbocycles. The highest BCUT2D eigenvalue weighted by Crippen LogP contribution is 2.34. The number of allylic oxidation sites excluding steroid dienone is 1. The standard InChI is InChI=1S/C15H27NO2/c1-6-10(3)8-11(4)15(18)12(5)9-13(7-2)14(17)16-15/h8,10,12-13,18H,6-7,9H2,1-5H3,(H,16,17)/b11-8-/t10-,12-,13-,15-/m0/s1. The van der Waals surface area contributed by atoms with Crippen LogP contribution in [0.25, 0.3) is 0 Å². The van der Waals surface area contributed by atoms with Crippen molar-refractivity contribution in [1.82, 2.24) is 5.32 Å². The molecule has 0 unspecified atom stereocenters. The van der Waals surface area contributed by atoms with Crippen molar-refractivity contribution in [3.8, 4) is 0 Å². The van der Waals surface area contributed by atoms with Crippen LogP contribution < -0.4 is 5.32 Å². The third-order valence-corrected chi connectivity index (χ3v) is 4.31. The molecule has 0 spiro atoms. The third kappa shape index (κ3) is 2.94. The van der Waals surface area contributed by atoms with Gasteiger partial charge in [0.25, 0.3) is 0 Å². The van der Waals surface area contributed by atoms with Crippen LogP contribution in [-0.2, 0) is 4.79 Å². The average Bonchev–Trinajstić information content (AvgIpc) is 2.33. The molecule has 0 bridgehead atoms. The monoisotopic (exact) mass is 253 g/mol. The smallest absolute Gasteiger partial charge is 0.225 e. The number of nitrogens with one attached hydrogen (secondary N) is 1. The zero-order valence-corrected chi connectivity index (χ0v) is 12.3. The molecule has 0 radical (unpaired) electrons. The minimum Gasteiger partial charge on any atom is -0.367 e. The maximum atomic E-state index is 11.9. The predicted molar refractivity (Wildman–Crippen MR) is 73.9 cm³/mol. The largest absolute Gasteiger partial charge is 0.367 e. The van der Waals surface area contributed by atoms with Gasteiger partial charge in [-0.1, -0.05) is 40.2 Å². The second-order valence-corrected chi connectivity index (χ2v) is 5.73. The fraction of sp³-hybridized carbons (Fsp3) is 0.800. The molecule has 0 aromatic heterocycles. The lowest BCUT2D eigenvalue weighted by Crippen LogP contribution is -2.60. The predicted octanol–water partition coefficient (Wildman–Crippen LogP) is 2.85. The number of piperidine rings is 1. The van der Waals surface area contributed by atoms with E-state index >= 15 is 0 Å². The van der Waals surface area contributed by atoms with Gasteiger partial charge < -0.3 is 10.4 Å². The molecule has 3 heteroatoms. The zero-order chi connectivity index (χ0) is 13.9. The highest BCUT2D eigenvalue weighted by molar-refractivity contribution is 5.80. The van der Waals surface area contributed by atoms with Crippen molar-refractivity contribution < 1.29 is 9.90 Å². The summed E-state index contributed by atoms with van der Waals surface area (Å²) in [5.41, 5.74) is -0.293. The normalized spacial score (nSPS) is 35.2. The number of aliphatic hydroxyl groups is 1. The Morgan fingerprint density at radius 1 is 1.61 bits per heavy atom. The van der Waals surface area contributed by atoms with Crippen molar-refractivity contribution in [1.29, 1.82) is 0 Å². The number of hydrogen-bond donors (Lipinski definition) is 2. The quantitative estimate of drug-likeness (QED) is 0.757. The molecular weight excluding hydrogens is 226 g/mol. The second-order valence-electron chi connectivity index (χ2n) is 5.73. The van der Waals surface area contributed by atoms with Crippen molar-refractivity contribution in [2.24, 2.45) is 17.8 Å². The van der Waals surface area contributed by atoms with Gasteiger partial charge in [0.05, 0.1) is 0 Å². The molecule has 1 aliphatic heterocycles. The Labute approximate surface area is 111 Å². The minimum atomic E-state index is -1.16. The molecule has 0 aromatic rings. The Morgan fingerprint density at radius 2 is 2.22 bits per heavy atom. The molecule has 2 N–H and O–H groups in total. The molecule has 1 heterocycles. The lowest BCUT2D eigenvalue weighted by molar-refractivity contribution is -0.142. The molecule has 1 aliphatic rings. The maximum Gasteiger partial charge on any atom is 0.225 e. The van der Waals surface area contributed by atoms with E-state index in [0.717, 1.165) is 24.8 Å². The highest BCUT2D eigenvalue weighted by atomic mass is 16.3. The first-order valence-corrected chi connectivity index (χ1v) is 7.08. The number of carbonyl (C=O) groups is 1. The zero-order valence-electron chi connectivity index (χ0n) is 12.3. The van der Waals surface area contributed by atoms with Crippen LogP contribution in [-0.4, -0.2) is 16.7 Å². The van der Waals surface area contributed by atoms with E-state index in [4.69, 9.17) is 0 Å². The summed E-state index contributed by atoms with van der Waals surface area (Å²) < 4.78 is 0. The molecule has 104 valence electrons. The number of carbonyl (C=O) groups excluding carboxylic acids is 1. The Kier molecular flexibility index (Phi) is 4.97. The van der Waals surface area contributed by atoms with E-state index in [-0.39, 0.29) is 17.7 Å². The number of hydrogen-bond acceptors (Lipinski definition) is 2. The molecule has 1 rings (SSSR count). The highest BCUT2D eigenvalue weighted by Gasteiger charge is 2.44. The summed E-state index contributed by atoms with van der Waals surface area (Å²) in [5, 5.41) is 13.6. The lowest BCUT2D eigenvalue weighted by Gasteiger charge is -2.42. The molecule has 18 heavy (non-hydrogen) atoms. The van der Waals surface area contributed by atoms with Gasteiger partial charge in [0.2, 0.25) is 5.91 Å². The molecule has 1 saturated heterocycles. The topological polar surface area (TPSA) is 49.3 Å². The van der Waals surface area contributed by atoms with Crippen LogP contribution in [0.1, 0.15) is 53.9 Å². The molecular formula is C15H27NO2.